The van der Waals surface area contributed by atoms with Crippen molar-refractivity contribution in [3.05, 3.63) is 35.4 Å². The molecule has 0 aromatic heterocycles. The molecule has 0 aliphatic carbocycles. The Balaban J connectivity index is 1.43. The van der Waals surface area contributed by atoms with Crippen molar-refractivity contribution in [2.75, 3.05) is 19.6 Å². The number of benzene rings is 1. The summed E-state index contributed by atoms with van der Waals surface area (Å²) in [5.41, 5.74) is 1.86. The van der Waals surface area contributed by atoms with E-state index in [1.807, 2.05) is 29.2 Å². The van der Waals surface area contributed by atoms with E-state index in [2.05, 4.69) is 33.0 Å². The summed E-state index contributed by atoms with van der Waals surface area (Å²) in [5.74, 6) is 1.23. The Hall–Kier alpha value is -1.88. The molecule has 0 saturated carbocycles. The molecule has 0 unspecified atom stereocenters. The number of ether oxygens (including phenoxy) is 1. The predicted octanol–water partition coefficient (Wildman–Crippen LogP) is 4.20. The molecule has 1 N–H and O–H groups in total. The minimum Gasteiger partial charge on any atom is -0.370 e. The zero-order valence-corrected chi connectivity index (χ0v) is 19.1. The van der Waals surface area contributed by atoms with Crippen LogP contribution in [-0.2, 0) is 16.0 Å². The first-order valence-electron chi connectivity index (χ1n) is 11.6. The summed E-state index contributed by atoms with van der Waals surface area (Å²) in [6, 6.07) is 7.91. The molecule has 2 aliphatic rings. The molecule has 3 rings (SSSR count). The van der Waals surface area contributed by atoms with Gasteiger partial charge in [-0.1, -0.05) is 39.8 Å². The van der Waals surface area contributed by atoms with Crippen LogP contribution in [0.1, 0.15) is 75.7 Å². The molecule has 30 heavy (non-hydrogen) atoms. The number of nitrogens with zero attached hydrogens (tertiary/aromatic N) is 1. The molecule has 2 heterocycles. The largest absolute Gasteiger partial charge is 0.370 e. The molecular formula is C25H38N2O3. The summed E-state index contributed by atoms with van der Waals surface area (Å²) in [7, 11) is 0. The molecule has 2 saturated heterocycles. The van der Waals surface area contributed by atoms with Crippen LogP contribution in [-0.4, -0.2) is 48.1 Å². The smallest absolute Gasteiger partial charge is 0.251 e. The lowest BCUT2D eigenvalue weighted by molar-refractivity contribution is -0.138. The number of nitrogens with one attached hydrogen (secondary N) is 1. The second kappa shape index (κ2) is 9.95. The molecule has 1 spiro atoms. The molecular weight excluding hydrogens is 376 g/mol. The van der Waals surface area contributed by atoms with Gasteiger partial charge in [0, 0.05) is 31.6 Å². The summed E-state index contributed by atoms with van der Waals surface area (Å²) in [5, 5.41) is 3.04. The van der Waals surface area contributed by atoms with Gasteiger partial charge >= 0.3 is 0 Å². The van der Waals surface area contributed by atoms with Crippen LogP contribution < -0.4 is 5.32 Å². The van der Waals surface area contributed by atoms with E-state index in [1.165, 1.54) is 5.56 Å². The molecule has 2 fully saturated rings. The Morgan fingerprint density at radius 1 is 1.07 bits per heavy atom. The van der Waals surface area contributed by atoms with Gasteiger partial charge in [-0.15, -0.1) is 0 Å². The summed E-state index contributed by atoms with van der Waals surface area (Å²) in [6.45, 7) is 10.7. The van der Waals surface area contributed by atoms with Crippen LogP contribution in [0.4, 0.5) is 0 Å². The lowest BCUT2D eigenvalue weighted by atomic mass is 9.88. The van der Waals surface area contributed by atoms with Crippen LogP contribution in [0.25, 0.3) is 0 Å². The second-order valence-electron chi connectivity index (χ2n) is 9.95. The minimum absolute atomic E-state index is 0.0373. The third-order valence-corrected chi connectivity index (χ3v) is 6.30. The average molecular weight is 415 g/mol. The molecule has 5 nitrogen and oxygen atoms in total. The molecule has 5 heteroatoms. The summed E-state index contributed by atoms with van der Waals surface area (Å²) >= 11 is 0. The highest BCUT2D eigenvalue weighted by Gasteiger charge is 2.43. The fraction of sp³-hybridized carbons (Fsp3) is 0.680. The van der Waals surface area contributed by atoms with E-state index in [0.717, 1.165) is 45.2 Å². The fourth-order valence-electron chi connectivity index (χ4n) is 4.62. The molecule has 0 radical (unpaired) electrons. The van der Waals surface area contributed by atoms with Gasteiger partial charge in [-0.3, -0.25) is 9.59 Å². The van der Waals surface area contributed by atoms with E-state index in [9.17, 15) is 9.59 Å². The van der Waals surface area contributed by atoms with Crippen molar-refractivity contribution in [2.45, 2.75) is 77.9 Å². The third kappa shape index (κ3) is 6.07. The lowest BCUT2D eigenvalue weighted by Crippen LogP contribution is -2.47. The molecule has 1 atom stereocenters. The number of carbonyl (C=O) groups excluding carboxylic acids is 2. The van der Waals surface area contributed by atoms with Crippen molar-refractivity contribution in [1.29, 1.82) is 0 Å². The van der Waals surface area contributed by atoms with E-state index < -0.39 is 0 Å². The monoisotopic (exact) mass is 414 g/mol. The van der Waals surface area contributed by atoms with Crippen molar-refractivity contribution in [1.82, 2.24) is 10.2 Å². The van der Waals surface area contributed by atoms with Crippen molar-refractivity contribution < 1.29 is 14.3 Å². The molecule has 2 aliphatic heterocycles. The Bertz CT molecular complexity index is 718. The highest BCUT2D eigenvalue weighted by molar-refractivity contribution is 5.94. The maximum Gasteiger partial charge on any atom is 0.251 e. The molecule has 1 aromatic carbocycles. The van der Waals surface area contributed by atoms with Gasteiger partial charge < -0.3 is 15.0 Å². The number of carbonyl (C=O) groups is 2. The molecule has 166 valence electrons. The molecule has 2 amide bonds. The molecule has 1 aromatic rings. The van der Waals surface area contributed by atoms with Crippen LogP contribution in [0, 0.1) is 11.8 Å². The Kier molecular flexibility index (Phi) is 7.56. The number of piperidine rings is 1. The van der Waals surface area contributed by atoms with Gasteiger partial charge in [0.25, 0.3) is 5.91 Å². The summed E-state index contributed by atoms with van der Waals surface area (Å²) < 4.78 is 6.40. The van der Waals surface area contributed by atoms with Gasteiger partial charge in [0.1, 0.15) is 0 Å². The van der Waals surface area contributed by atoms with Crippen molar-refractivity contribution >= 4 is 11.8 Å². The minimum atomic E-state index is -0.109. The second-order valence-corrected chi connectivity index (χ2v) is 9.95. The number of likely N-dealkylation sites (tertiary alicyclic amines) is 1. The van der Waals surface area contributed by atoms with E-state index in [4.69, 9.17) is 4.74 Å². The van der Waals surface area contributed by atoms with Crippen LogP contribution in [0.15, 0.2) is 24.3 Å². The summed E-state index contributed by atoms with van der Waals surface area (Å²) in [4.78, 5) is 26.8. The van der Waals surface area contributed by atoms with Gasteiger partial charge in [-0.25, -0.2) is 0 Å². The maximum absolute atomic E-state index is 12.5. The zero-order valence-electron chi connectivity index (χ0n) is 19.1. The van der Waals surface area contributed by atoms with Crippen LogP contribution in [0.5, 0.6) is 0 Å². The first-order chi connectivity index (χ1) is 14.3. The van der Waals surface area contributed by atoms with Crippen LogP contribution in [0.2, 0.25) is 0 Å². The normalized spacial score (nSPS) is 20.9. The number of hydrogen-bond donors (Lipinski definition) is 1. The van der Waals surface area contributed by atoms with Gasteiger partial charge in [0.15, 0.2) is 0 Å². The average Bonchev–Trinajstić information content (AvgIpc) is 3.08. The number of amides is 2. The van der Waals surface area contributed by atoms with Crippen LogP contribution >= 0.6 is 0 Å². The molecule has 0 bridgehead atoms. The highest BCUT2D eigenvalue weighted by atomic mass is 16.5. The van der Waals surface area contributed by atoms with Crippen molar-refractivity contribution in [3.8, 4) is 0 Å². The van der Waals surface area contributed by atoms with Gasteiger partial charge in [0.2, 0.25) is 5.91 Å². The van der Waals surface area contributed by atoms with E-state index in [0.29, 0.717) is 30.4 Å². The van der Waals surface area contributed by atoms with Gasteiger partial charge in [-0.05, 0) is 61.6 Å². The fourth-order valence-corrected chi connectivity index (χ4v) is 4.62. The third-order valence-electron chi connectivity index (χ3n) is 6.30. The van der Waals surface area contributed by atoms with E-state index in [1.54, 1.807) is 0 Å². The Morgan fingerprint density at radius 3 is 2.33 bits per heavy atom. The first kappa shape index (κ1) is 22.8. The van der Waals surface area contributed by atoms with Gasteiger partial charge in [-0.2, -0.15) is 0 Å². The Labute approximate surface area is 181 Å². The maximum atomic E-state index is 12.5. The van der Waals surface area contributed by atoms with Crippen molar-refractivity contribution in [2.24, 2.45) is 11.8 Å². The zero-order chi connectivity index (χ0) is 21.7. The van der Waals surface area contributed by atoms with E-state index in [-0.39, 0.29) is 23.5 Å². The lowest BCUT2D eigenvalue weighted by Gasteiger charge is -2.39. The standard InChI is InChI=1S/C25H38N2O3/c1-18(2)15-20-5-7-21(8-6-20)24(29)26-17-22-9-10-25(30-22)11-13-27(14-12-25)23(28)16-19(3)4/h5-8,18-19,22H,9-17H2,1-4H3,(H,26,29)/t22-/m1/s1. The van der Waals surface area contributed by atoms with Gasteiger partial charge in [0.05, 0.1) is 11.7 Å². The highest BCUT2D eigenvalue weighted by Crippen LogP contribution is 2.38. The first-order valence-corrected chi connectivity index (χ1v) is 11.6. The Morgan fingerprint density at radius 2 is 1.73 bits per heavy atom. The van der Waals surface area contributed by atoms with Crippen LogP contribution in [0.3, 0.4) is 0 Å². The SMILES string of the molecule is CC(C)CC(=O)N1CCC2(CC[C@H](CNC(=O)c3ccc(CC(C)C)cc3)O2)CC1. The topological polar surface area (TPSA) is 58.6 Å². The predicted molar refractivity (Wildman–Crippen MR) is 119 cm³/mol. The summed E-state index contributed by atoms with van der Waals surface area (Å²) in [6.07, 6.45) is 5.50. The quantitative estimate of drug-likeness (QED) is 0.727. The number of hydrogen-bond acceptors (Lipinski definition) is 3. The van der Waals surface area contributed by atoms with E-state index >= 15 is 0 Å². The van der Waals surface area contributed by atoms with Crippen molar-refractivity contribution in [3.63, 3.8) is 0 Å². The number of rotatable bonds is 7.